The number of nitrogens with one attached hydrogen (secondary N) is 1. The van der Waals surface area contributed by atoms with Gasteiger partial charge in [-0.1, -0.05) is 11.6 Å². The summed E-state index contributed by atoms with van der Waals surface area (Å²) in [5.74, 6) is 1.36. The lowest BCUT2D eigenvalue weighted by Crippen LogP contribution is -2.33. The van der Waals surface area contributed by atoms with Crippen molar-refractivity contribution >= 4 is 46.5 Å². The lowest BCUT2D eigenvalue weighted by atomic mass is 10.1. The van der Waals surface area contributed by atoms with Crippen molar-refractivity contribution in [3.63, 3.8) is 0 Å². The molecule has 0 bridgehead atoms. The predicted molar refractivity (Wildman–Crippen MR) is 133 cm³/mol. The van der Waals surface area contributed by atoms with Gasteiger partial charge in [-0.25, -0.2) is 4.98 Å². The fraction of sp³-hybridized carbons (Fsp3) is 0.240. The minimum absolute atomic E-state index is 0.0496. The second-order valence-electron chi connectivity index (χ2n) is 8.03. The van der Waals surface area contributed by atoms with Crippen molar-refractivity contribution in [2.24, 2.45) is 0 Å². The molecule has 1 atom stereocenters. The number of carbonyl (C=O) groups excluding carboxylic acids is 2. The molecule has 0 saturated heterocycles. The summed E-state index contributed by atoms with van der Waals surface area (Å²) in [6.07, 6.45) is 5.40. The van der Waals surface area contributed by atoms with Crippen molar-refractivity contribution in [2.45, 2.75) is 19.4 Å². The molecule has 170 valence electrons. The van der Waals surface area contributed by atoms with Crippen LogP contribution in [0.4, 0.5) is 5.82 Å². The number of Topliss-reactive ketones (excluding diaryl/α,β-unsaturated/α-hetero) is 1. The molecule has 1 N–H and O–H groups in total. The SMILES string of the molecule is CC(=O)c1ccc(-c2cc(Cl)c3c(c2)CC(CNC(=O)/C=C/c2ccc(N(C)C)nc2)O3)s1. The van der Waals surface area contributed by atoms with E-state index < -0.39 is 0 Å². The molecule has 3 heterocycles. The lowest BCUT2D eigenvalue weighted by molar-refractivity contribution is -0.116. The highest BCUT2D eigenvalue weighted by Crippen LogP contribution is 2.41. The van der Waals surface area contributed by atoms with Crippen LogP contribution in [-0.2, 0) is 11.2 Å². The molecule has 0 saturated carbocycles. The molecular formula is C25H24ClN3O3S. The number of fused-ring (bicyclic) bond motifs is 1. The van der Waals surface area contributed by atoms with Gasteiger partial charge in [0.15, 0.2) is 5.78 Å². The summed E-state index contributed by atoms with van der Waals surface area (Å²) in [6, 6.07) is 11.5. The average molecular weight is 482 g/mol. The van der Waals surface area contributed by atoms with Gasteiger partial charge in [0, 0.05) is 43.2 Å². The number of benzene rings is 1. The normalized spacial score (nSPS) is 14.7. The molecule has 3 aromatic rings. The Morgan fingerprint density at radius 3 is 2.76 bits per heavy atom. The van der Waals surface area contributed by atoms with Gasteiger partial charge in [0.05, 0.1) is 16.4 Å². The Bertz CT molecular complexity index is 1220. The molecule has 2 aromatic heterocycles. The zero-order chi connectivity index (χ0) is 23.5. The minimum Gasteiger partial charge on any atom is -0.486 e. The molecule has 1 unspecified atom stereocenters. The van der Waals surface area contributed by atoms with Crippen molar-refractivity contribution in [1.29, 1.82) is 0 Å². The van der Waals surface area contributed by atoms with Gasteiger partial charge in [-0.3, -0.25) is 9.59 Å². The first-order valence-electron chi connectivity index (χ1n) is 10.5. The largest absolute Gasteiger partial charge is 0.486 e. The van der Waals surface area contributed by atoms with Crippen molar-refractivity contribution in [2.75, 3.05) is 25.5 Å². The number of pyridine rings is 1. The second-order valence-corrected chi connectivity index (χ2v) is 9.52. The van der Waals surface area contributed by atoms with E-state index in [1.807, 2.05) is 55.4 Å². The van der Waals surface area contributed by atoms with Crippen LogP contribution >= 0.6 is 22.9 Å². The highest BCUT2D eigenvalue weighted by atomic mass is 35.5. The predicted octanol–water partition coefficient (Wildman–Crippen LogP) is 4.87. The van der Waals surface area contributed by atoms with E-state index in [2.05, 4.69) is 10.3 Å². The smallest absolute Gasteiger partial charge is 0.244 e. The number of amides is 1. The highest BCUT2D eigenvalue weighted by molar-refractivity contribution is 7.17. The summed E-state index contributed by atoms with van der Waals surface area (Å²) >= 11 is 7.92. The van der Waals surface area contributed by atoms with Crippen LogP contribution < -0.4 is 15.0 Å². The van der Waals surface area contributed by atoms with Gasteiger partial charge in [0.2, 0.25) is 5.91 Å². The molecule has 8 heteroatoms. The third-order valence-corrected chi connectivity index (χ3v) is 6.77. The molecule has 0 spiro atoms. The Morgan fingerprint density at radius 1 is 1.27 bits per heavy atom. The molecule has 4 rings (SSSR count). The third-order valence-electron chi connectivity index (χ3n) is 5.25. The van der Waals surface area contributed by atoms with Crippen molar-refractivity contribution in [3.05, 3.63) is 69.7 Å². The number of hydrogen-bond acceptors (Lipinski definition) is 6. The highest BCUT2D eigenvalue weighted by Gasteiger charge is 2.26. The summed E-state index contributed by atoms with van der Waals surface area (Å²) in [7, 11) is 3.85. The number of halogens is 1. The zero-order valence-corrected chi connectivity index (χ0v) is 20.2. The van der Waals surface area contributed by atoms with Crippen LogP contribution in [0.5, 0.6) is 5.75 Å². The molecule has 1 aromatic carbocycles. The standard InChI is InChI=1S/C25H24ClN3O3S/c1-15(30)21-6-7-22(33-21)17-10-18-11-19(32-25(18)20(26)12-17)14-28-24(31)9-5-16-4-8-23(27-13-16)29(2)3/h4-10,12-13,19H,11,14H2,1-3H3,(H,28,31)/b9-5+. The van der Waals surface area contributed by atoms with E-state index in [9.17, 15) is 9.59 Å². The molecule has 1 aliphatic heterocycles. The number of hydrogen-bond donors (Lipinski definition) is 1. The van der Waals surface area contributed by atoms with Crippen LogP contribution in [0, 0.1) is 0 Å². The van der Waals surface area contributed by atoms with E-state index in [-0.39, 0.29) is 17.8 Å². The van der Waals surface area contributed by atoms with Crippen LogP contribution in [0.1, 0.15) is 27.7 Å². The molecule has 1 aliphatic rings. The summed E-state index contributed by atoms with van der Waals surface area (Å²) in [5.41, 5.74) is 2.81. The summed E-state index contributed by atoms with van der Waals surface area (Å²) in [4.78, 5) is 31.8. The quantitative estimate of drug-likeness (QED) is 0.385. The number of nitrogens with zero attached hydrogens (tertiary/aromatic N) is 2. The number of ketones is 1. The van der Waals surface area contributed by atoms with E-state index in [4.69, 9.17) is 16.3 Å². The molecule has 1 amide bonds. The maximum Gasteiger partial charge on any atom is 0.244 e. The second kappa shape index (κ2) is 9.77. The van der Waals surface area contributed by atoms with E-state index >= 15 is 0 Å². The first-order chi connectivity index (χ1) is 15.8. The molecule has 0 fully saturated rings. The molecular weight excluding hydrogens is 458 g/mol. The summed E-state index contributed by atoms with van der Waals surface area (Å²) < 4.78 is 5.98. The first kappa shape index (κ1) is 23.0. The molecule has 6 nitrogen and oxygen atoms in total. The van der Waals surface area contributed by atoms with E-state index in [1.165, 1.54) is 17.4 Å². The van der Waals surface area contributed by atoms with Gasteiger partial charge in [-0.15, -0.1) is 11.3 Å². The van der Waals surface area contributed by atoms with Crippen LogP contribution in [0.2, 0.25) is 5.02 Å². The van der Waals surface area contributed by atoms with Gasteiger partial charge in [0.1, 0.15) is 17.7 Å². The number of aromatic nitrogens is 1. The minimum atomic E-state index is -0.201. The van der Waals surface area contributed by atoms with Crippen molar-refractivity contribution in [3.8, 4) is 16.2 Å². The van der Waals surface area contributed by atoms with Gasteiger partial charge in [0.25, 0.3) is 0 Å². The topological polar surface area (TPSA) is 71.5 Å². The van der Waals surface area contributed by atoms with E-state index in [1.54, 1.807) is 19.2 Å². The number of thiophene rings is 1. The number of rotatable bonds is 7. The lowest BCUT2D eigenvalue weighted by Gasteiger charge is -2.11. The first-order valence-corrected chi connectivity index (χ1v) is 11.7. The number of ether oxygens (including phenoxy) is 1. The zero-order valence-electron chi connectivity index (χ0n) is 18.6. The third kappa shape index (κ3) is 5.43. The van der Waals surface area contributed by atoms with Crippen LogP contribution in [-0.4, -0.2) is 43.4 Å². The average Bonchev–Trinajstić information content (AvgIpc) is 3.44. The van der Waals surface area contributed by atoms with Gasteiger partial charge >= 0.3 is 0 Å². The summed E-state index contributed by atoms with van der Waals surface area (Å²) in [5, 5.41) is 3.41. The number of anilines is 1. The van der Waals surface area contributed by atoms with Crippen molar-refractivity contribution in [1.82, 2.24) is 10.3 Å². The molecule has 0 radical (unpaired) electrons. The van der Waals surface area contributed by atoms with Crippen molar-refractivity contribution < 1.29 is 14.3 Å². The fourth-order valence-corrected chi connectivity index (χ4v) is 4.70. The monoisotopic (exact) mass is 481 g/mol. The van der Waals surface area contributed by atoms with Gasteiger partial charge < -0.3 is 15.0 Å². The van der Waals surface area contributed by atoms with Gasteiger partial charge in [-0.05, 0) is 60.5 Å². The van der Waals surface area contributed by atoms with Crippen LogP contribution in [0.15, 0.2) is 48.7 Å². The Balaban J connectivity index is 1.35. The Hall–Kier alpha value is -3.16. The van der Waals surface area contributed by atoms with Crippen LogP contribution in [0.3, 0.4) is 0 Å². The summed E-state index contributed by atoms with van der Waals surface area (Å²) in [6.45, 7) is 1.93. The molecule has 33 heavy (non-hydrogen) atoms. The van der Waals surface area contributed by atoms with E-state index in [0.717, 1.165) is 32.3 Å². The number of carbonyl (C=O) groups is 2. The fourth-order valence-electron chi connectivity index (χ4n) is 3.53. The maximum atomic E-state index is 12.3. The molecule has 0 aliphatic carbocycles. The van der Waals surface area contributed by atoms with Gasteiger partial charge in [-0.2, -0.15) is 0 Å². The Labute approximate surface area is 201 Å². The van der Waals surface area contributed by atoms with Crippen LogP contribution in [0.25, 0.3) is 16.5 Å². The Morgan fingerprint density at radius 2 is 2.09 bits per heavy atom. The van der Waals surface area contributed by atoms with E-state index in [0.29, 0.717) is 23.7 Å². The maximum absolute atomic E-state index is 12.3. The Kier molecular flexibility index (Phi) is 6.81.